The van der Waals surface area contributed by atoms with E-state index in [4.69, 9.17) is 0 Å². The summed E-state index contributed by atoms with van der Waals surface area (Å²) in [6, 6.07) is 11.5. The highest BCUT2D eigenvalue weighted by atomic mass is 16.2. The molecule has 0 unspecified atom stereocenters. The number of aromatic nitrogens is 4. The SMILES string of the molecule is CCc1c(C(=O)c2cc(C)cc(C)c2)n(CC2CC=CC2)c(=O)[nH]c1=O.Cc1ccnc2c1NC(=O)c1cccnc1N2C1CC1. The minimum atomic E-state index is -0.508. The molecule has 4 heterocycles. The Hall–Kier alpha value is -5.12. The lowest BCUT2D eigenvalue weighted by Gasteiger charge is -2.23. The van der Waals surface area contributed by atoms with Crippen LogP contribution in [0.3, 0.4) is 0 Å². The van der Waals surface area contributed by atoms with E-state index in [2.05, 4.69) is 37.3 Å². The van der Waals surface area contributed by atoms with Gasteiger partial charge in [-0.3, -0.25) is 23.9 Å². The van der Waals surface area contributed by atoms with Crippen LogP contribution < -0.4 is 21.5 Å². The van der Waals surface area contributed by atoms with Gasteiger partial charge in [-0.1, -0.05) is 36.3 Å². The molecule has 0 bridgehead atoms. The van der Waals surface area contributed by atoms with Gasteiger partial charge >= 0.3 is 5.69 Å². The summed E-state index contributed by atoms with van der Waals surface area (Å²) >= 11 is 0. The lowest BCUT2D eigenvalue weighted by molar-refractivity contribution is 0.101. The van der Waals surface area contributed by atoms with E-state index in [-0.39, 0.29) is 23.3 Å². The molecule has 3 aliphatic rings. The highest BCUT2D eigenvalue weighted by Crippen LogP contribution is 2.43. The third-order valence-electron chi connectivity index (χ3n) is 8.67. The minimum Gasteiger partial charge on any atom is -0.318 e. The maximum absolute atomic E-state index is 13.3. The number of amides is 1. The fourth-order valence-electron chi connectivity index (χ4n) is 6.30. The van der Waals surface area contributed by atoms with Crippen molar-refractivity contribution in [3.05, 3.63) is 121 Å². The molecule has 10 nitrogen and oxygen atoms in total. The summed E-state index contributed by atoms with van der Waals surface area (Å²) in [7, 11) is 0. The number of aromatic amines is 1. The summed E-state index contributed by atoms with van der Waals surface area (Å²) in [5.41, 5.74) is 4.52. The molecule has 0 saturated heterocycles. The van der Waals surface area contributed by atoms with Gasteiger partial charge in [0.15, 0.2) is 5.82 Å². The number of carbonyl (C=O) groups excluding carboxylic acids is 2. The average Bonchev–Trinajstić information content (AvgIpc) is 3.75. The van der Waals surface area contributed by atoms with Crippen LogP contribution in [-0.2, 0) is 13.0 Å². The Bertz CT molecular complexity index is 1960. The van der Waals surface area contributed by atoms with Crippen molar-refractivity contribution in [1.82, 2.24) is 19.5 Å². The number of fused-ring (bicyclic) bond motifs is 2. The molecule has 3 aromatic heterocycles. The summed E-state index contributed by atoms with van der Waals surface area (Å²) in [5.74, 6) is 1.41. The Balaban J connectivity index is 0.000000166. The second-order valence-corrected chi connectivity index (χ2v) is 12.3. The highest BCUT2D eigenvalue weighted by molar-refractivity contribution is 6.12. The van der Waals surface area contributed by atoms with Gasteiger partial charge in [0.05, 0.1) is 11.3 Å². The summed E-state index contributed by atoms with van der Waals surface area (Å²) < 4.78 is 1.47. The van der Waals surface area contributed by atoms with Crippen LogP contribution in [-0.4, -0.2) is 37.3 Å². The number of H-pyrrole nitrogens is 1. The number of anilines is 3. The van der Waals surface area contributed by atoms with E-state index < -0.39 is 11.2 Å². The standard InChI is InChI=1S/C21H24N2O3.C15H14N4O/c1-4-17-18(19(24)16-10-13(2)9-14(3)11-16)23(21(26)22-20(17)25)12-15-7-5-6-8-15;1-9-6-8-17-14-12(9)18-15(20)11-3-2-7-16-13(11)19(14)10-4-5-10/h5-6,9-11,15H,4,7-8,12H2,1-3H3,(H,22,25,26);2-3,6-8,10H,4-5H2,1H3,(H,18,20). The monoisotopic (exact) mass is 618 g/mol. The number of hydrogen-bond acceptors (Lipinski definition) is 7. The predicted octanol–water partition coefficient (Wildman–Crippen LogP) is 5.56. The number of carbonyl (C=O) groups is 2. The molecule has 7 rings (SSSR count). The summed E-state index contributed by atoms with van der Waals surface area (Å²) in [5, 5.41) is 2.98. The van der Waals surface area contributed by atoms with Crippen LogP contribution >= 0.6 is 0 Å². The van der Waals surface area contributed by atoms with Gasteiger partial charge in [-0.25, -0.2) is 14.8 Å². The second kappa shape index (κ2) is 12.7. The van der Waals surface area contributed by atoms with Gasteiger partial charge in [0, 0.05) is 36.1 Å². The Kier molecular flexibility index (Phi) is 8.53. The van der Waals surface area contributed by atoms with Gasteiger partial charge in [0.2, 0.25) is 5.78 Å². The van der Waals surface area contributed by atoms with Crippen LogP contribution in [0.5, 0.6) is 0 Å². The molecule has 1 amide bonds. The molecule has 0 spiro atoms. The molecule has 1 aliphatic heterocycles. The van der Waals surface area contributed by atoms with Crippen molar-refractivity contribution in [1.29, 1.82) is 0 Å². The maximum Gasteiger partial charge on any atom is 0.328 e. The van der Waals surface area contributed by atoms with Crippen LogP contribution in [0.15, 0.2) is 70.5 Å². The van der Waals surface area contributed by atoms with Crippen molar-refractivity contribution in [2.24, 2.45) is 5.92 Å². The predicted molar refractivity (Wildman–Crippen MR) is 178 cm³/mol. The van der Waals surface area contributed by atoms with E-state index >= 15 is 0 Å². The number of aryl methyl sites for hydroxylation is 3. The van der Waals surface area contributed by atoms with Crippen molar-refractivity contribution in [3.8, 4) is 0 Å². The van der Waals surface area contributed by atoms with E-state index in [9.17, 15) is 19.2 Å². The van der Waals surface area contributed by atoms with Crippen molar-refractivity contribution in [3.63, 3.8) is 0 Å². The Morgan fingerprint density at radius 2 is 1.63 bits per heavy atom. The fraction of sp³-hybridized carbons (Fsp3) is 0.333. The van der Waals surface area contributed by atoms with Crippen LogP contribution in [0, 0.1) is 26.7 Å². The van der Waals surface area contributed by atoms with E-state index in [1.165, 1.54) is 4.57 Å². The van der Waals surface area contributed by atoms with Crippen molar-refractivity contribution in [2.45, 2.75) is 72.4 Å². The zero-order chi connectivity index (χ0) is 32.5. The summed E-state index contributed by atoms with van der Waals surface area (Å²) in [6.07, 6.45) is 12.1. The number of allylic oxidation sites excluding steroid dienone is 2. The quantitative estimate of drug-likeness (QED) is 0.214. The Morgan fingerprint density at radius 1 is 0.935 bits per heavy atom. The zero-order valence-corrected chi connectivity index (χ0v) is 26.6. The van der Waals surface area contributed by atoms with Gasteiger partial charge in [0.25, 0.3) is 11.5 Å². The molecule has 46 heavy (non-hydrogen) atoms. The molecule has 1 fully saturated rings. The topological polar surface area (TPSA) is 130 Å². The first-order valence-corrected chi connectivity index (χ1v) is 15.8. The van der Waals surface area contributed by atoms with Crippen molar-refractivity contribution >= 4 is 29.0 Å². The minimum absolute atomic E-state index is 0.117. The van der Waals surface area contributed by atoms with E-state index in [1.54, 1.807) is 18.5 Å². The Labute approximate surface area is 267 Å². The van der Waals surface area contributed by atoms with Crippen molar-refractivity contribution in [2.75, 3.05) is 10.2 Å². The van der Waals surface area contributed by atoms with Gasteiger partial charge in [-0.15, -0.1) is 0 Å². The first kappa shape index (κ1) is 30.9. The van der Waals surface area contributed by atoms with Crippen LogP contribution in [0.1, 0.15) is 81.3 Å². The van der Waals surface area contributed by atoms with Crippen LogP contribution in [0.4, 0.5) is 17.3 Å². The molecule has 236 valence electrons. The number of ketones is 1. The van der Waals surface area contributed by atoms with Crippen molar-refractivity contribution < 1.29 is 9.59 Å². The highest BCUT2D eigenvalue weighted by Gasteiger charge is 2.38. The molecule has 1 aromatic carbocycles. The molecule has 2 aliphatic carbocycles. The number of nitrogens with one attached hydrogen (secondary N) is 2. The molecule has 0 radical (unpaired) electrons. The number of benzene rings is 1. The number of nitrogens with zero attached hydrogens (tertiary/aromatic N) is 4. The third-order valence-corrected chi connectivity index (χ3v) is 8.67. The summed E-state index contributed by atoms with van der Waals surface area (Å²) in [6.45, 7) is 8.10. The molecule has 1 saturated carbocycles. The zero-order valence-electron chi connectivity index (χ0n) is 26.6. The largest absolute Gasteiger partial charge is 0.328 e. The molecule has 2 N–H and O–H groups in total. The van der Waals surface area contributed by atoms with Gasteiger partial charge < -0.3 is 10.2 Å². The van der Waals surface area contributed by atoms with Crippen LogP contribution in [0.2, 0.25) is 0 Å². The summed E-state index contributed by atoms with van der Waals surface area (Å²) in [4.78, 5) is 63.9. The molecular formula is C36H38N6O4. The van der Waals surface area contributed by atoms with E-state index in [1.807, 2.05) is 58.0 Å². The van der Waals surface area contributed by atoms with Gasteiger partial charge in [-0.2, -0.15) is 0 Å². The molecule has 10 heteroatoms. The van der Waals surface area contributed by atoms with Gasteiger partial charge in [0.1, 0.15) is 11.5 Å². The lowest BCUT2D eigenvalue weighted by atomic mass is 9.98. The average molecular weight is 619 g/mol. The fourth-order valence-corrected chi connectivity index (χ4v) is 6.30. The van der Waals surface area contributed by atoms with E-state index in [0.717, 1.165) is 53.9 Å². The molecular weight excluding hydrogens is 580 g/mol. The first-order chi connectivity index (χ1) is 22.2. The van der Waals surface area contributed by atoms with Crippen LogP contribution in [0.25, 0.3) is 0 Å². The second-order valence-electron chi connectivity index (χ2n) is 12.3. The number of hydrogen-bond donors (Lipinski definition) is 2. The first-order valence-electron chi connectivity index (χ1n) is 15.8. The number of rotatable bonds is 6. The Morgan fingerprint density at radius 3 is 2.30 bits per heavy atom. The normalized spacial score (nSPS) is 15.4. The lowest BCUT2D eigenvalue weighted by Crippen LogP contribution is -2.38. The molecule has 0 atom stereocenters. The van der Waals surface area contributed by atoms with Gasteiger partial charge in [-0.05, 0) is 94.7 Å². The maximum atomic E-state index is 13.3. The number of pyridine rings is 2. The smallest absolute Gasteiger partial charge is 0.318 e. The third kappa shape index (κ3) is 6.07. The van der Waals surface area contributed by atoms with E-state index in [0.29, 0.717) is 41.5 Å². The molecule has 4 aromatic rings.